The number of nitrogens with zero attached hydrogens (tertiary/aromatic N) is 2. The van der Waals surface area contributed by atoms with Crippen molar-refractivity contribution in [2.45, 2.75) is 13.8 Å². The van der Waals surface area contributed by atoms with Crippen LogP contribution >= 0.6 is 11.3 Å². The van der Waals surface area contributed by atoms with Crippen LogP contribution in [0.5, 0.6) is 5.75 Å². The predicted octanol–water partition coefficient (Wildman–Crippen LogP) is 3.37. The molecule has 0 spiro atoms. The second kappa shape index (κ2) is 7.26. The van der Waals surface area contributed by atoms with Crippen LogP contribution in [-0.4, -0.2) is 36.3 Å². The third kappa shape index (κ3) is 3.76. The molecule has 0 bridgehead atoms. The van der Waals surface area contributed by atoms with Crippen LogP contribution in [0.4, 0.5) is 5.13 Å². The number of carboxylic acid groups (broad SMARTS) is 1. The molecule has 0 amide bonds. The molecule has 1 aromatic heterocycles. The maximum absolute atomic E-state index is 11.0. The fraction of sp³-hybridized carbons (Fsp3) is 0.375. The highest BCUT2D eigenvalue weighted by Gasteiger charge is 2.18. The summed E-state index contributed by atoms with van der Waals surface area (Å²) >= 11 is 1.53. The van der Waals surface area contributed by atoms with Gasteiger partial charge >= 0.3 is 5.97 Å². The number of aliphatic carboxylic acids is 1. The van der Waals surface area contributed by atoms with E-state index in [2.05, 4.69) is 4.98 Å². The average molecular weight is 320 g/mol. The Labute approximate surface area is 134 Å². The van der Waals surface area contributed by atoms with Crippen LogP contribution in [0.2, 0.25) is 0 Å². The zero-order chi connectivity index (χ0) is 16.1. The lowest BCUT2D eigenvalue weighted by molar-refractivity contribution is -0.140. The molecule has 22 heavy (non-hydrogen) atoms. The lowest BCUT2D eigenvalue weighted by Crippen LogP contribution is -2.31. The van der Waals surface area contributed by atoms with E-state index in [9.17, 15) is 4.79 Å². The zero-order valence-corrected chi connectivity index (χ0v) is 13.8. The average Bonchev–Trinajstić information content (AvgIpc) is 3.02. The van der Waals surface area contributed by atoms with E-state index in [1.54, 1.807) is 14.0 Å². The van der Waals surface area contributed by atoms with Gasteiger partial charge in [-0.2, -0.15) is 0 Å². The van der Waals surface area contributed by atoms with Crippen LogP contribution in [-0.2, 0) is 4.79 Å². The van der Waals surface area contributed by atoms with Crippen molar-refractivity contribution in [3.05, 3.63) is 29.6 Å². The van der Waals surface area contributed by atoms with Gasteiger partial charge in [-0.1, -0.05) is 6.92 Å². The van der Waals surface area contributed by atoms with Crippen LogP contribution in [0.15, 0.2) is 29.6 Å². The van der Waals surface area contributed by atoms with Crippen molar-refractivity contribution in [3.8, 4) is 17.0 Å². The number of hydrogen-bond acceptors (Lipinski definition) is 5. The first kappa shape index (κ1) is 16.3. The number of anilines is 1. The van der Waals surface area contributed by atoms with Gasteiger partial charge in [-0.05, 0) is 31.2 Å². The van der Waals surface area contributed by atoms with E-state index in [4.69, 9.17) is 9.84 Å². The lowest BCUT2D eigenvalue weighted by Gasteiger charge is -2.21. The van der Waals surface area contributed by atoms with Gasteiger partial charge in [0.25, 0.3) is 0 Å². The van der Waals surface area contributed by atoms with Crippen LogP contribution in [0.3, 0.4) is 0 Å². The van der Waals surface area contributed by atoms with Gasteiger partial charge in [-0.15, -0.1) is 11.3 Å². The minimum Gasteiger partial charge on any atom is -0.497 e. The molecule has 1 aromatic carbocycles. The van der Waals surface area contributed by atoms with E-state index < -0.39 is 11.9 Å². The van der Waals surface area contributed by atoms with Gasteiger partial charge in [-0.3, -0.25) is 4.79 Å². The van der Waals surface area contributed by atoms with Crippen LogP contribution in [0.25, 0.3) is 11.3 Å². The van der Waals surface area contributed by atoms with E-state index in [1.807, 2.05) is 41.5 Å². The van der Waals surface area contributed by atoms with Gasteiger partial charge in [-0.25, -0.2) is 4.98 Å². The number of benzene rings is 1. The minimum atomic E-state index is -0.787. The Morgan fingerprint density at radius 2 is 2.09 bits per heavy atom. The maximum atomic E-state index is 11.0. The number of hydrogen-bond donors (Lipinski definition) is 1. The second-order valence-electron chi connectivity index (χ2n) is 5.02. The van der Waals surface area contributed by atoms with Crippen LogP contribution < -0.4 is 9.64 Å². The molecule has 1 heterocycles. The Morgan fingerprint density at radius 3 is 2.64 bits per heavy atom. The van der Waals surface area contributed by atoms with Gasteiger partial charge < -0.3 is 14.7 Å². The number of methoxy groups -OCH3 is 1. The molecule has 0 saturated heterocycles. The molecule has 0 aliphatic rings. The fourth-order valence-corrected chi connectivity index (χ4v) is 2.96. The number of aromatic nitrogens is 1. The summed E-state index contributed by atoms with van der Waals surface area (Å²) in [4.78, 5) is 17.6. The van der Waals surface area contributed by atoms with E-state index in [-0.39, 0.29) is 0 Å². The first-order valence-electron chi connectivity index (χ1n) is 7.12. The predicted molar refractivity (Wildman–Crippen MR) is 88.8 cm³/mol. The largest absolute Gasteiger partial charge is 0.497 e. The summed E-state index contributed by atoms with van der Waals surface area (Å²) in [7, 11) is 1.64. The molecule has 1 N–H and O–H groups in total. The van der Waals surface area contributed by atoms with Gasteiger partial charge in [0, 0.05) is 24.0 Å². The summed E-state index contributed by atoms with van der Waals surface area (Å²) in [6.07, 6.45) is 0. The SMILES string of the molecule is CCN(CC(C)C(=O)O)c1nc(-c2ccc(OC)cc2)cs1. The molecule has 0 aliphatic carbocycles. The van der Waals surface area contributed by atoms with Crippen molar-refractivity contribution in [3.63, 3.8) is 0 Å². The molecule has 0 fully saturated rings. The standard InChI is InChI=1S/C16H20N2O3S/c1-4-18(9-11(2)15(19)20)16-17-14(10-22-16)12-5-7-13(21-3)8-6-12/h5-8,10-11H,4,9H2,1-3H3,(H,19,20). The lowest BCUT2D eigenvalue weighted by atomic mass is 10.1. The highest BCUT2D eigenvalue weighted by Crippen LogP contribution is 2.28. The third-order valence-corrected chi connectivity index (χ3v) is 4.35. The Balaban J connectivity index is 2.16. The van der Waals surface area contributed by atoms with Crippen molar-refractivity contribution >= 4 is 22.4 Å². The fourth-order valence-electron chi connectivity index (χ4n) is 2.06. The zero-order valence-electron chi connectivity index (χ0n) is 12.9. The smallest absolute Gasteiger partial charge is 0.308 e. The highest BCUT2D eigenvalue weighted by molar-refractivity contribution is 7.14. The normalized spacial score (nSPS) is 12.0. The minimum absolute atomic E-state index is 0.423. The molecule has 0 saturated carbocycles. The summed E-state index contributed by atoms with van der Waals surface area (Å²) in [6, 6.07) is 7.73. The molecule has 1 atom stereocenters. The summed E-state index contributed by atoms with van der Waals surface area (Å²) in [5, 5.41) is 11.9. The molecule has 2 aromatic rings. The Hall–Kier alpha value is -2.08. The van der Waals surface area contributed by atoms with Crippen molar-refractivity contribution < 1.29 is 14.6 Å². The number of thiazole rings is 1. The van der Waals surface area contributed by atoms with Crippen molar-refractivity contribution in [1.82, 2.24) is 4.98 Å². The number of ether oxygens (including phenoxy) is 1. The van der Waals surface area contributed by atoms with Gasteiger partial charge in [0.05, 0.1) is 18.7 Å². The first-order chi connectivity index (χ1) is 10.5. The van der Waals surface area contributed by atoms with E-state index in [0.29, 0.717) is 6.54 Å². The molecule has 118 valence electrons. The summed E-state index contributed by atoms with van der Waals surface area (Å²) < 4.78 is 5.15. The summed E-state index contributed by atoms with van der Waals surface area (Å²) in [5.74, 6) is -0.400. The highest BCUT2D eigenvalue weighted by atomic mass is 32.1. The van der Waals surface area contributed by atoms with Crippen molar-refractivity contribution in [2.75, 3.05) is 25.1 Å². The first-order valence-corrected chi connectivity index (χ1v) is 8.00. The topological polar surface area (TPSA) is 62.7 Å². The van der Waals surface area contributed by atoms with Gasteiger partial charge in [0.15, 0.2) is 5.13 Å². The molecular weight excluding hydrogens is 300 g/mol. The number of rotatable bonds is 7. The third-order valence-electron chi connectivity index (χ3n) is 3.45. The Morgan fingerprint density at radius 1 is 1.41 bits per heavy atom. The van der Waals surface area contributed by atoms with Gasteiger partial charge in [0.1, 0.15) is 5.75 Å². The maximum Gasteiger partial charge on any atom is 0.308 e. The Bertz CT molecular complexity index is 625. The number of carboxylic acids is 1. The van der Waals surface area contributed by atoms with Crippen LogP contribution in [0.1, 0.15) is 13.8 Å². The summed E-state index contributed by atoms with van der Waals surface area (Å²) in [5.41, 5.74) is 1.91. The monoisotopic (exact) mass is 320 g/mol. The van der Waals surface area contributed by atoms with Crippen molar-refractivity contribution in [2.24, 2.45) is 5.92 Å². The second-order valence-corrected chi connectivity index (χ2v) is 5.86. The van der Waals surface area contributed by atoms with Crippen LogP contribution in [0, 0.1) is 5.92 Å². The van der Waals surface area contributed by atoms with E-state index in [1.165, 1.54) is 11.3 Å². The molecule has 6 heteroatoms. The van der Waals surface area contributed by atoms with Crippen molar-refractivity contribution in [1.29, 1.82) is 0 Å². The van der Waals surface area contributed by atoms with Gasteiger partial charge in [0.2, 0.25) is 0 Å². The molecule has 1 unspecified atom stereocenters. The quantitative estimate of drug-likeness (QED) is 0.847. The molecule has 5 nitrogen and oxygen atoms in total. The molecule has 0 aliphatic heterocycles. The molecular formula is C16H20N2O3S. The molecule has 0 radical (unpaired) electrons. The molecule has 2 rings (SSSR count). The van der Waals surface area contributed by atoms with E-state index in [0.717, 1.165) is 28.7 Å². The Kier molecular flexibility index (Phi) is 5.38. The summed E-state index contributed by atoms with van der Waals surface area (Å²) in [6.45, 7) is 4.90. The number of carbonyl (C=O) groups is 1. The van der Waals surface area contributed by atoms with E-state index >= 15 is 0 Å².